The van der Waals surface area contributed by atoms with Crippen LogP contribution in [-0.2, 0) is 4.79 Å². The second-order valence-corrected chi connectivity index (χ2v) is 3.88. The molecule has 0 saturated carbocycles. The van der Waals surface area contributed by atoms with E-state index in [9.17, 15) is 9.59 Å². The first-order chi connectivity index (χ1) is 8.65. The second-order valence-electron chi connectivity index (χ2n) is 3.88. The van der Waals surface area contributed by atoms with Crippen molar-refractivity contribution in [3.05, 3.63) is 18.2 Å². The number of aromatic nitrogens is 3. The first kappa shape index (κ1) is 10.5. The largest absolute Gasteiger partial charge is 0.366 e. The minimum Gasteiger partial charge on any atom is -0.366 e. The molecule has 3 amide bonds. The topological polar surface area (TPSA) is 106 Å². The van der Waals surface area contributed by atoms with E-state index < -0.39 is 6.03 Å². The molecule has 3 N–H and O–H groups in total. The van der Waals surface area contributed by atoms with E-state index >= 15 is 0 Å². The number of urea groups is 1. The molecule has 1 aliphatic heterocycles. The highest BCUT2D eigenvalue weighted by Crippen LogP contribution is 2.18. The molecule has 0 atom stereocenters. The van der Waals surface area contributed by atoms with Crippen molar-refractivity contribution < 1.29 is 9.59 Å². The summed E-state index contributed by atoms with van der Waals surface area (Å²) in [6.07, 6.45) is 0.256. The van der Waals surface area contributed by atoms with Crippen LogP contribution in [0.4, 0.5) is 16.6 Å². The maximum absolute atomic E-state index is 11.8. The van der Waals surface area contributed by atoms with Crippen LogP contribution in [-0.4, -0.2) is 33.1 Å². The van der Waals surface area contributed by atoms with Crippen molar-refractivity contribution in [3.8, 4) is 0 Å². The molecular formula is C10H10N6O2. The molecule has 8 nitrogen and oxygen atoms in total. The van der Waals surface area contributed by atoms with Crippen molar-refractivity contribution >= 4 is 29.4 Å². The average molecular weight is 246 g/mol. The van der Waals surface area contributed by atoms with Crippen LogP contribution in [0.3, 0.4) is 0 Å². The molecule has 0 bridgehead atoms. The number of hydrogen-bond donors (Lipinski definition) is 2. The second kappa shape index (κ2) is 3.69. The normalized spacial score (nSPS) is 16.1. The number of nitrogens with one attached hydrogen (secondary N) is 1. The van der Waals surface area contributed by atoms with Crippen molar-refractivity contribution in [2.45, 2.75) is 6.42 Å². The molecule has 18 heavy (non-hydrogen) atoms. The molecule has 0 spiro atoms. The molecule has 1 aliphatic rings. The lowest BCUT2D eigenvalue weighted by atomic mass is 10.3. The summed E-state index contributed by atoms with van der Waals surface area (Å²) in [4.78, 5) is 28.3. The third kappa shape index (κ3) is 1.54. The SMILES string of the molecule is Nc1nc2cccc(N3CCC(=O)NC3=O)n2n1. The minimum absolute atomic E-state index is 0.135. The minimum atomic E-state index is -0.465. The number of anilines is 2. The number of carbonyl (C=O) groups is 2. The predicted molar refractivity (Wildman–Crippen MR) is 62.9 cm³/mol. The molecule has 0 unspecified atom stereocenters. The Kier molecular flexibility index (Phi) is 2.15. The van der Waals surface area contributed by atoms with Gasteiger partial charge in [0.25, 0.3) is 0 Å². The highest BCUT2D eigenvalue weighted by atomic mass is 16.2. The molecule has 2 aromatic rings. The third-order valence-corrected chi connectivity index (χ3v) is 2.69. The number of nitrogens with zero attached hydrogens (tertiary/aromatic N) is 4. The van der Waals surface area contributed by atoms with Gasteiger partial charge in [0, 0.05) is 13.0 Å². The zero-order valence-corrected chi connectivity index (χ0v) is 9.33. The fourth-order valence-electron chi connectivity index (χ4n) is 1.90. The molecular weight excluding hydrogens is 236 g/mol. The van der Waals surface area contributed by atoms with Crippen LogP contribution in [0.25, 0.3) is 5.65 Å². The summed E-state index contributed by atoms with van der Waals surface area (Å²) in [7, 11) is 0. The molecule has 3 rings (SSSR count). The van der Waals surface area contributed by atoms with Crippen LogP contribution in [0.15, 0.2) is 18.2 Å². The fourth-order valence-corrected chi connectivity index (χ4v) is 1.90. The Labute approximate surface area is 101 Å². The number of hydrogen-bond acceptors (Lipinski definition) is 5. The number of rotatable bonds is 1. The third-order valence-electron chi connectivity index (χ3n) is 2.69. The lowest BCUT2D eigenvalue weighted by molar-refractivity contribution is -0.120. The fraction of sp³-hybridized carbons (Fsp3) is 0.200. The van der Waals surface area contributed by atoms with Crippen LogP contribution >= 0.6 is 0 Å². The molecule has 8 heteroatoms. The molecule has 1 fully saturated rings. The maximum Gasteiger partial charge on any atom is 0.329 e. The zero-order valence-electron chi connectivity index (χ0n) is 9.33. The van der Waals surface area contributed by atoms with Gasteiger partial charge in [-0.15, -0.1) is 5.10 Å². The smallest absolute Gasteiger partial charge is 0.329 e. The molecule has 2 aromatic heterocycles. The number of imide groups is 1. The van der Waals surface area contributed by atoms with Gasteiger partial charge in [0.05, 0.1) is 0 Å². The van der Waals surface area contributed by atoms with E-state index in [4.69, 9.17) is 5.73 Å². The lowest BCUT2D eigenvalue weighted by Gasteiger charge is -2.26. The van der Waals surface area contributed by atoms with Gasteiger partial charge in [0.1, 0.15) is 5.82 Å². The highest BCUT2D eigenvalue weighted by Gasteiger charge is 2.26. The van der Waals surface area contributed by atoms with Gasteiger partial charge in [-0.25, -0.2) is 4.79 Å². The van der Waals surface area contributed by atoms with Gasteiger partial charge in [0.15, 0.2) is 5.65 Å². The van der Waals surface area contributed by atoms with Gasteiger partial charge in [-0.3, -0.25) is 15.0 Å². The number of amides is 3. The quantitative estimate of drug-likeness (QED) is 0.722. The summed E-state index contributed by atoms with van der Waals surface area (Å²) in [6.45, 7) is 0.309. The molecule has 92 valence electrons. The maximum atomic E-state index is 11.8. The van der Waals surface area contributed by atoms with E-state index in [-0.39, 0.29) is 18.3 Å². The molecule has 0 aromatic carbocycles. The van der Waals surface area contributed by atoms with Crippen LogP contribution in [0.1, 0.15) is 6.42 Å². The van der Waals surface area contributed by atoms with Crippen molar-refractivity contribution in [1.82, 2.24) is 19.9 Å². The summed E-state index contributed by atoms with van der Waals surface area (Å²) >= 11 is 0. The summed E-state index contributed by atoms with van der Waals surface area (Å²) in [5, 5.41) is 6.27. The van der Waals surface area contributed by atoms with Gasteiger partial charge in [-0.1, -0.05) is 6.07 Å². The lowest BCUT2D eigenvalue weighted by Crippen LogP contribution is -2.50. The standard InChI is InChI=1S/C10H10N6O2/c11-9-12-6-2-1-3-8(16(6)14-9)15-5-4-7(17)13-10(15)18/h1-3H,4-5H2,(H2,11,14)(H,13,17,18). The first-order valence-electron chi connectivity index (χ1n) is 5.38. The molecule has 0 radical (unpaired) electrons. The Morgan fingerprint density at radius 3 is 2.94 bits per heavy atom. The van der Waals surface area contributed by atoms with Crippen LogP contribution < -0.4 is 16.0 Å². The highest BCUT2D eigenvalue weighted by molar-refractivity contribution is 6.05. The van der Waals surface area contributed by atoms with Gasteiger partial charge >= 0.3 is 6.03 Å². The van der Waals surface area contributed by atoms with E-state index in [1.54, 1.807) is 18.2 Å². The van der Waals surface area contributed by atoms with Gasteiger partial charge < -0.3 is 5.73 Å². The Morgan fingerprint density at radius 1 is 1.33 bits per heavy atom. The number of nitrogens with two attached hydrogens (primary N) is 1. The van der Waals surface area contributed by atoms with Crippen LogP contribution in [0.5, 0.6) is 0 Å². The summed E-state index contributed by atoms with van der Waals surface area (Å²) in [6, 6.07) is 4.74. The Hall–Kier alpha value is -2.64. The van der Waals surface area contributed by atoms with E-state index in [0.717, 1.165) is 0 Å². The van der Waals surface area contributed by atoms with Crippen molar-refractivity contribution in [2.75, 3.05) is 17.2 Å². The number of nitrogen functional groups attached to an aromatic ring is 1. The number of carbonyl (C=O) groups excluding carboxylic acids is 2. The molecule has 1 saturated heterocycles. The average Bonchev–Trinajstić information content (AvgIpc) is 2.69. The zero-order chi connectivity index (χ0) is 12.7. The Bertz CT molecular complexity index is 649. The first-order valence-corrected chi connectivity index (χ1v) is 5.38. The summed E-state index contributed by atoms with van der Waals surface area (Å²) < 4.78 is 1.48. The van der Waals surface area contributed by atoms with Gasteiger partial charge in [-0.05, 0) is 12.1 Å². The Balaban J connectivity index is 2.08. The van der Waals surface area contributed by atoms with Crippen LogP contribution in [0.2, 0.25) is 0 Å². The van der Waals surface area contributed by atoms with E-state index in [1.807, 2.05) is 0 Å². The van der Waals surface area contributed by atoms with Crippen molar-refractivity contribution in [1.29, 1.82) is 0 Å². The predicted octanol–water partition coefficient (Wildman–Crippen LogP) is -0.242. The summed E-state index contributed by atoms with van der Waals surface area (Å²) in [5.74, 6) is 0.388. The van der Waals surface area contributed by atoms with Gasteiger partial charge in [0.2, 0.25) is 11.9 Å². The number of pyridine rings is 1. The van der Waals surface area contributed by atoms with Crippen molar-refractivity contribution in [2.24, 2.45) is 0 Å². The monoisotopic (exact) mass is 246 g/mol. The Morgan fingerprint density at radius 2 is 2.17 bits per heavy atom. The molecule has 0 aliphatic carbocycles. The van der Waals surface area contributed by atoms with Crippen LogP contribution in [0, 0.1) is 0 Å². The van der Waals surface area contributed by atoms with E-state index in [1.165, 1.54) is 9.42 Å². The van der Waals surface area contributed by atoms with Gasteiger partial charge in [-0.2, -0.15) is 9.50 Å². The van der Waals surface area contributed by atoms with Crippen molar-refractivity contribution in [3.63, 3.8) is 0 Å². The summed E-state index contributed by atoms with van der Waals surface area (Å²) in [5.41, 5.74) is 6.08. The molecule has 3 heterocycles. The number of fused-ring (bicyclic) bond motifs is 1. The van der Waals surface area contributed by atoms with E-state index in [2.05, 4.69) is 15.4 Å². The van der Waals surface area contributed by atoms with E-state index in [0.29, 0.717) is 18.0 Å².